The van der Waals surface area contributed by atoms with Crippen molar-refractivity contribution in [3.8, 4) is 28.5 Å². The average molecular weight is 563 g/mol. The van der Waals surface area contributed by atoms with E-state index in [2.05, 4.69) is 26.1 Å². The predicted molar refractivity (Wildman–Crippen MR) is 137 cm³/mol. The highest BCUT2D eigenvalue weighted by Gasteiger charge is 2.27. The Hall–Kier alpha value is -2.68. The first-order chi connectivity index (χ1) is 16.4. The van der Waals surface area contributed by atoms with E-state index in [1.54, 1.807) is 21.7 Å². The Labute approximate surface area is 215 Å². The Kier molecular flexibility index (Phi) is 7.40. The number of carbonyl (C=O) groups excluding carboxylic acids is 1. The maximum Gasteiger partial charge on any atom is 0.311 e. The van der Waals surface area contributed by atoms with Crippen LogP contribution in [0.2, 0.25) is 10.0 Å². The van der Waals surface area contributed by atoms with Gasteiger partial charge in [-0.3, -0.25) is 4.79 Å². The van der Waals surface area contributed by atoms with Gasteiger partial charge in [-0.1, -0.05) is 58.2 Å². The van der Waals surface area contributed by atoms with Crippen LogP contribution in [-0.4, -0.2) is 43.9 Å². The van der Waals surface area contributed by atoms with Crippen molar-refractivity contribution in [1.82, 2.24) is 24.9 Å². The SMILES string of the molecule is CCc1c(-c2nnc(C(=O)N(CC)CC)o2)nn(-c2ccc(Cl)cc2Cl)c1-c1ccc(Br)cc1. The van der Waals surface area contributed by atoms with Gasteiger partial charge in [0.15, 0.2) is 5.69 Å². The van der Waals surface area contributed by atoms with Gasteiger partial charge < -0.3 is 9.32 Å². The molecule has 0 unspecified atom stereocenters. The topological polar surface area (TPSA) is 77.1 Å². The molecule has 2 aromatic heterocycles. The second kappa shape index (κ2) is 10.3. The predicted octanol–water partition coefficient (Wildman–Crippen LogP) is 6.70. The summed E-state index contributed by atoms with van der Waals surface area (Å²) in [6.07, 6.45) is 0.633. The number of rotatable bonds is 7. The van der Waals surface area contributed by atoms with Gasteiger partial charge in [0.05, 0.1) is 16.4 Å². The second-order valence-corrected chi connectivity index (χ2v) is 9.19. The van der Waals surface area contributed by atoms with Gasteiger partial charge in [-0.2, -0.15) is 5.10 Å². The first kappa shape index (κ1) is 24.4. The van der Waals surface area contributed by atoms with Gasteiger partial charge in [-0.15, -0.1) is 10.2 Å². The molecule has 0 aliphatic heterocycles. The minimum Gasteiger partial charge on any atom is -0.411 e. The summed E-state index contributed by atoms with van der Waals surface area (Å²) in [6, 6.07) is 13.2. The zero-order chi connectivity index (χ0) is 24.4. The molecular formula is C24H22BrCl2N5O2. The summed E-state index contributed by atoms with van der Waals surface area (Å²) in [6.45, 7) is 6.91. The standard InChI is InChI=1S/C24H22BrCl2N5O2/c1-4-17-20(22-28-29-23(34-22)24(33)31(5-2)6-3)30-32(19-12-11-16(26)13-18(19)27)21(17)14-7-9-15(25)10-8-14/h7-13H,4-6H2,1-3H3. The van der Waals surface area contributed by atoms with Crippen molar-refractivity contribution in [1.29, 1.82) is 0 Å². The lowest BCUT2D eigenvalue weighted by Gasteiger charge is -2.15. The van der Waals surface area contributed by atoms with Gasteiger partial charge in [0.1, 0.15) is 0 Å². The molecule has 0 radical (unpaired) electrons. The minimum atomic E-state index is -0.310. The molecule has 0 saturated carbocycles. The molecule has 0 fully saturated rings. The highest BCUT2D eigenvalue weighted by atomic mass is 79.9. The molecule has 2 heterocycles. The fraction of sp³-hybridized carbons (Fsp3) is 0.250. The molecule has 176 valence electrons. The van der Waals surface area contributed by atoms with Gasteiger partial charge in [-0.25, -0.2) is 4.68 Å². The smallest absolute Gasteiger partial charge is 0.311 e. The van der Waals surface area contributed by atoms with Crippen LogP contribution in [-0.2, 0) is 6.42 Å². The van der Waals surface area contributed by atoms with E-state index < -0.39 is 0 Å². The third-order valence-corrected chi connectivity index (χ3v) is 6.52. The Morgan fingerprint density at radius 3 is 2.38 bits per heavy atom. The summed E-state index contributed by atoms with van der Waals surface area (Å²) in [4.78, 5) is 14.3. The quantitative estimate of drug-likeness (QED) is 0.250. The van der Waals surface area contributed by atoms with Gasteiger partial charge in [0.25, 0.3) is 5.89 Å². The molecular weight excluding hydrogens is 541 g/mol. The van der Waals surface area contributed by atoms with Crippen LogP contribution >= 0.6 is 39.1 Å². The first-order valence-corrected chi connectivity index (χ1v) is 12.4. The Morgan fingerprint density at radius 2 is 1.76 bits per heavy atom. The average Bonchev–Trinajstić information content (AvgIpc) is 3.45. The third kappa shape index (κ3) is 4.62. The normalized spacial score (nSPS) is 11.1. The van der Waals surface area contributed by atoms with Crippen molar-refractivity contribution in [2.24, 2.45) is 0 Å². The van der Waals surface area contributed by atoms with Crippen LogP contribution in [0.5, 0.6) is 0 Å². The van der Waals surface area contributed by atoms with E-state index in [4.69, 9.17) is 32.7 Å². The summed E-state index contributed by atoms with van der Waals surface area (Å²) in [5.74, 6) is -0.199. The molecule has 0 saturated heterocycles. The molecule has 4 aromatic rings. The molecule has 34 heavy (non-hydrogen) atoms. The molecule has 0 aliphatic rings. The lowest BCUT2D eigenvalue weighted by Crippen LogP contribution is -2.30. The molecule has 0 atom stereocenters. The summed E-state index contributed by atoms with van der Waals surface area (Å²) in [5.41, 5.74) is 3.81. The van der Waals surface area contributed by atoms with Crippen LogP contribution in [0.4, 0.5) is 0 Å². The summed E-state index contributed by atoms with van der Waals surface area (Å²) < 4.78 is 8.53. The molecule has 4 rings (SSSR count). The maximum absolute atomic E-state index is 12.7. The van der Waals surface area contributed by atoms with E-state index in [-0.39, 0.29) is 17.7 Å². The van der Waals surface area contributed by atoms with E-state index in [1.807, 2.05) is 51.1 Å². The van der Waals surface area contributed by atoms with E-state index >= 15 is 0 Å². The molecule has 0 aliphatic carbocycles. The molecule has 2 aromatic carbocycles. The van der Waals surface area contributed by atoms with Crippen molar-refractivity contribution in [2.45, 2.75) is 27.2 Å². The number of aromatic nitrogens is 4. The number of benzene rings is 2. The number of hydrogen-bond acceptors (Lipinski definition) is 5. The van der Waals surface area contributed by atoms with E-state index in [0.29, 0.717) is 40.9 Å². The highest BCUT2D eigenvalue weighted by Crippen LogP contribution is 2.37. The van der Waals surface area contributed by atoms with Crippen molar-refractivity contribution in [3.05, 3.63) is 68.4 Å². The summed E-state index contributed by atoms with van der Waals surface area (Å²) in [5, 5.41) is 14.0. The van der Waals surface area contributed by atoms with Gasteiger partial charge in [0, 0.05) is 33.7 Å². The second-order valence-electron chi connectivity index (χ2n) is 7.43. The Balaban J connectivity index is 1.91. The molecule has 1 amide bonds. The molecule has 7 nitrogen and oxygen atoms in total. The van der Waals surface area contributed by atoms with Crippen molar-refractivity contribution in [2.75, 3.05) is 13.1 Å². The zero-order valence-corrected chi connectivity index (χ0v) is 21.9. The van der Waals surface area contributed by atoms with Crippen LogP contribution in [0.25, 0.3) is 28.5 Å². The third-order valence-electron chi connectivity index (χ3n) is 5.45. The van der Waals surface area contributed by atoms with Crippen molar-refractivity contribution in [3.63, 3.8) is 0 Å². The molecule has 10 heteroatoms. The lowest BCUT2D eigenvalue weighted by atomic mass is 10.0. The largest absolute Gasteiger partial charge is 0.411 e. The number of amides is 1. The van der Waals surface area contributed by atoms with Crippen molar-refractivity contribution >= 4 is 45.0 Å². The molecule has 0 N–H and O–H groups in total. The number of carbonyl (C=O) groups is 1. The van der Waals surface area contributed by atoms with Crippen LogP contribution in [0.1, 0.15) is 37.0 Å². The fourth-order valence-corrected chi connectivity index (χ4v) is 4.49. The van der Waals surface area contributed by atoms with Gasteiger partial charge in [-0.05, 0) is 50.6 Å². The monoisotopic (exact) mass is 561 g/mol. The Bertz CT molecular complexity index is 1330. The van der Waals surface area contributed by atoms with Crippen LogP contribution in [0.3, 0.4) is 0 Å². The van der Waals surface area contributed by atoms with E-state index in [1.165, 1.54) is 0 Å². The maximum atomic E-state index is 12.7. The minimum absolute atomic E-state index is 0.0648. The number of nitrogens with zero attached hydrogens (tertiary/aromatic N) is 5. The van der Waals surface area contributed by atoms with E-state index in [9.17, 15) is 4.79 Å². The van der Waals surface area contributed by atoms with Gasteiger partial charge in [0.2, 0.25) is 0 Å². The first-order valence-electron chi connectivity index (χ1n) is 10.8. The number of hydrogen-bond donors (Lipinski definition) is 0. The molecule has 0 bridgehead atoms. The van der Waals surface area contributed by atoms with Gasteiger partial charge >= 0.3 is 11.8 Å². The van der Waals surface area contributed by atoms with Crippen molar-refractivity contribution < 1.29 is 9.21 Å². The molecule has 0 spiro atoms. The van der Waals surface area contributed by atoms with Crippen LogP contribution < -0.4 is 0 Å². The summed E-state index contributed by atoms with van der Waals surface area (Å²) in [7, 11) is 0. The zero-order valence-electron chi connectivity index (χ0n) is 18.8. The van der Waals surface area contributed by atoms with Crippen LogP contribution in [0, 0.1) is 0 Å². The van der Waals surface area contributed by atoms with E-state index in [0.717, 1.165) is 21.3 Å². The summed E-state index contributed by atoms with van der Waals surface area (Å²) >= 11 is 16.2. The Morgan fingerprint density at radius 1 is 1.06 bits per heavy atom. The fourth-order valence-electron chi connectivity index (χ4n) is 3.74. The lowest BCUT2D eigenvalue weighted by molar-refractivity contribution is 0.0733. The highest BCUT2D eigenvalue weighted by molar-refractivity contribution is 9.10. The number of halogens is 3. The van der Waals surface area contributed by atoms with Crippen LogP contribution in [0.15, 0.2) is 51.4 Å².